The van der Waals surface area contributed by atoms with E-state index in [4.69, 9.17) is 11.5 Å². The maximum Gasteiger partial charge on any atom is -0.00768 e. The van der Waals surface area contributed by atoms with Gasteiger partial charge >= 0.3 is 0 Å². The van der Waals surface area contributed by atoms with Crippen molar-refractivity contribution in [1.29, 1.82) is 0 Å². The number of hydrogen-bond acceptors (Lipinski definition) is 2. The Hall–Kier alpha value is -0.860. The number of hydrogen-bond donors (Lipinski definition) is 2. The van der Waals surface area contributed by atoms with Crippen LogP contribution in [-0.4, -0.2) is 13.1 Å². The van der Waals surface area contributed by atoms with Crippen LogP contribution >= 0.6 is 0 Å². The molecule has 13 heavy (non-hydrogen) atoms. The lowest BCUT2D eigenvalue weighted by Gasteiger charge is -1.87. The molecule has 1 rings (SSSR count). The normalized spacial score (nSPS) is 8.85. The summed E-state index contributed by atoms with van der Waals surface area (Å²) in [6, 6.07) is 10.3. The zero-order valence-electron chi connectivity index (χ0n) is 8.37. The van der Waals surface area contributed by atoms with E-state index < -0.39 is 0 Å². The standard InChI is InChI=1S/C7H8.C4H12N2/c1-7-5-3-2-4-6-7;5-3-1-2-4-6/h2-6H,1H3;1-6H2. The summed E-state index contributed by atoms with van der Waals surface area (Å²) in [5, 5.41) is 0. The van der Waals surface area contributed by atoms with Gasteiger partial charge in [0.05, 0.1) is 0 Å². The molecule has 0 saturated carbocycles. The van der Waals surface area contributed by atoms with Crippen molar-refractivity contribution in [2.45, 2.75) is 19.8 Å². The van der Waals surface area contributed by atoms with E-state index in [0.717, 1.165) is 25.9 Å². The molecule has 2 nitrogen and oxygen atoms in total. The summed E-state index contributed by atoms with van der Waals surface area (Å²) in [5.74, 6) is 0. The Morgan fingerprint density at radius 1 is 0.923 bits per heavy atom. The minimum atomic E-state index is 0.775. The van der Waals surface area contributed by atoms with Crippen LogP contribution < -0.4 is 11.5 Å². The van der Waals surface area contributed by atoms with E-state index in [0.29, 0.717) is 0 Å². The monoisotopic (exact) mass is 180 g/mol. The lowest BCUT2D eigenvalue weighted by atomic mass is 10.2. The molecule has 1 aromatic carbocycles. The molecule has 0 unspecified atom stereocenters. The molecular formula is C11H20N2. The Balaban J connectivity index is 0.000000226. The van der Waals surface area contributed by atoms with Gasteiger partial charge in [-0.15, -0.1) is 0 Å². The van der Waals surface area contributed by atoms with Crippen molar-refractivity contribution >= 4 is 0 Å². The third-order valence-electron chi connectivity index (χ3n) is 1.60. The molecule has 0 spiro atoms. The molecule has 74 valence electrons. The maximum atomic E-state index is 5.16. The Morgan fingerprint density at radius 3 is 1.62 bits per heavy atom. The van der Waals surface area contributed by atoms with Crippen molar-refractivity contribution in [2.24, 2.45) is 11.5 Å². The number of unbranched alkanes of at least 4 members (excludes halogenated alkanes) is 1. The van der Waals surface area contributed by atoms with Crippen molar-refractivity contribution in [1.82, 2.24) is 0 Å². The van der Waals surface area contributed by atoms with Gasteiger partial charge in [-0.25, -0.2) is 0 Å². The van der Waals surface area contributed by atoms with E-state index in [2.05, 4.69) is 19.1 Å². The second-order valence-electron chi connectivity index (χ2n) is 2.94. The second-order valence-corrected chi connectivity index (χ2v) is 2.94. The quantitative estimate of drug-likeness (QED) is 0.695. The van der Waals surface area contributed by atoms with Gasteiger partial charge in [0.15, 0.2) is 0 Å². The number of benzene rings is 1. The zero-order chi connectivity index (χ0) is 9.94. The average molecular weight is 180 g/mol. The first-order chi connectivity index (χ1) is 6.31. The highest BCUT2D eigenvalue weighted by Gasteiger charge is 1.75. The smallest absolute Gasteiger partial charge is 0.00768 e. The molecule has 0 aliphatic heterocycles. The number of aryl methyl sites for hydroxylation is 1. The van der Waals surface area contributed by atoms with Gasteiger partial charge in [0.2, 0.25) is 0 Å². The van der Waals surface area contributed by atoms with Gasteiger partial charge in [-0.2, -0.15) is 0 Å². The molecule has 0 amide bonds. The predicted molar refractivity (Wildman–Crippen MR) is 58.5 cm³/mol. The molecule has 0 saturated heterocycles. The molecule has 0 aliphatic carbocycles. The van der Waals surface area contributed by atoms with Crippen LogP contribution in [0.4, 0.5) is 0 Å². The van der Waals surface area contributed by atoms with Crippen LogP contribution in [0.2, 0.25) is 0 Å². The predicted octanol–water partition coefficient (Wildman–Crippen LogP) is 1.68. The Labute approximate surface area is 80.9 Å². The molecule has 0 radical (unpaired) electrons. The summed E-state index contributed by atoms with van der Waals surface area (Å²) in [6.07, 6.45) is 2.13. The first kappa shape index (κ1) is 12.1. The lowest BCUT2D eigenvalue weighted by molar-refractivity contribution is 0.755. The van der Waals surface area contributed by atoms with E-state index in [9.17, 15) is 0 Å². The minimum Gasteiger partial charge on any atom is -0.330 e. The van der Waals surface area contributed by atoms with Gasteiger partial charge in [-0.3, -0.25) is 0 Å². The zero-order valence-corrected chi connectivity index (χ0v) is 8.37. The van der Waals surface area contributed by atoms with Crippen molar-refractivity contribution in [3.8, 4) is 0 Å². The second kappa shape index (κ2) is 9.23. The molecule has 1 aromatic rings. The van der Waals surface area contributed by atoms with Gasteiger partial charge in [-0.05, 0) is 32.9 Å². The highest BCUT2D eigenvalue weighted by Crippen LogP contribution is 1.92. The average Bonchev–Trinajstić information content (AvgIpc) is 2.17. The third-order valence-corrected chi connectivity index (χ3v) is 1.60. The van der Waals surface area contributed by atoms with Gasteiger partial charge in [0.25, 0.3) is 0 Å². The van der Waals surface area contributed by atoms with E-state index >= 15 is 0 Å². The van der Waals surface area contributed by atoms with E-state index in [1.54, 1.807) is 0 Å². The molecule has 0 bridgehead atoms. The van der Waals surface area contributed by atoms with Crippen LogP contribution in [0.3, 0.4) is 0 Å². The summed E-state index contributed by atoms with van der Waals surface area (Å²) in [4.78, 5) is 0. The fraction of sp³-hybridized carbons (Fsp3) is 0.455. The number of rotatable bonds is 3. The van der Waals surface area contributed by atoms with E-state index in [-0.39, 0.29) is 0 Å². The van der Waals surface area contributed by atoms with Crippen LogP contribution in [0.25, 0.3) is 0 Å². The van der Waals surface area contributed by atoms with Gasteiger partial charge in [0, 0.05) is 0 Å². The third kappa shape index (κ3) is 9.05. The fourth-order valence-corrected chi connectivity index (χ4v) is 0.823. The minimum absolute atomic E-state index is 0.775. The Morgan fingerprint density at radius 2 is 1.38 bits per heavy atom. The molecule has 0 atom stereocenters. The highest BCUT2D eigenvalue weighted by atomic mass is 14.5. The largest absolute Gasteiger partial charge is 0.330 e. The topological polar surface area (TPSA) is 52.0 Å². The van der Waals surface area contributed by atoms with E-state index in [1.165, 1.54) is 5.56 Å². The lowest BCUT2D eigenvalue weighted by Crippen LogP contribution is -2.03. The molecule has 0 aromatic heterocycles. The Kier molecular flexibility index (Phi) is 8.62. The summed E-state index contributed by atoms with van der Waals surface area (Å²) >= 11 is 0. The van der Waals surface area contributed by atoms with Crippen LogP contribution in [0.15, 0.2) is 30.3 Å². The van der Waals surface area contributed by atoms with Crippen LogP contribution in [-0.2, 0) is 0 Å². The molecule has 4 N–H and O–H groups in total. The van der Waals surface area contributed by atoms with Crippen LogP contribution in [0.5, 0.6) is 0 Å². The number of nitrogens with two attached hydrogens (primary N) is 2. The van der Waals surface area contributed by atoms with Crippen molar-refractivity contribution < 1.29 is 0 Å². The summed E-state index contributed by atoms with van der Waals surface area (Å²) in [5.41, 5.74) is 11.6. The SMILES string of the molecule is Cc1ccccc1.NCCCCN. The van der Waals surface area contributed by atoms with Gasteiger partial charge in [0.1, 0.15) is 0 Å². The van der Waals surface area contributed by atoms with Gasteiger partial charge < -0.3 is 11.5 Å². The highest BCUT2D eigenvalue weighted by molar-refractivity contribution is 5.11. The van der Waals surface area contributed by atoms with Gasteiger partial charge in [-0.1, -0.05) is 35.9 Å². The maximum absolute atomic E-state index is 5.16. The van der Waals surface area contributed by atoms with Crippen LogP contribution in [0, 0.1) is 6.92 Å². The first-order valence-corrected chi connectivity index (χ1v) is 4.73. The van der Waals surface area contributed by atoms with Crippen LogP contribution in [0.1, 0.15) is 18.4 Å². The van der Waals surface area contributed by atoms with Crippen molar-refractivity contribution in [3.63, 3.8) is 0 Å². The molecular weight excluding hydrogens is 160 g/mol. The molecule has 0 fully saturated rings. The first-order valence-electron chi connectivity index (χ1n) is 4.73. The molecule has 0 aliphatic rings. The Bertz CT molecular complexity index is 181. The van der Waals surface area contributed by atoms with Crippen molar-refractivity contribution in [3.05, 3.63) is 35.9 Å². The van der Waals surface area contributed by atoms with E-state index in [1.807, 2.05) is 18.2 Å². The summed E-state index contributed by atoms with van der Waals surface area (Å²) < 4.78 is 0. The van der Waals surface area contributed by atoms with Crippen molar-refractivity contribution in [2.75, 3.05) is 13.1 Å². The fourth-order valence-electron chi connectivity index (χ4n) is 0.823. The summed E-state index contributed by atoms with van der Waals surface area (Å²) in [6.45, 7) is 3.63. The molecule has 2 heteroatoms. The molecule has 0 heterocycles. The summed E-state index contributed by atoms with van der Waals surface area (Å²) in [7, 11) is 0.